The number of hydrogen-bond donors (Lipinski definition) is 1. The molecule has 1 aromatic carbocycles. The van der Waals surface area contributed by atoms with Crippen molar-refractivity contribution >= 4 is 33.1 Å². The fourth-order valence-electron chi connectivity index (χ4n) is 3.11. The standard InChI is InChI=1S/C15H22N2O2S2/c1-5-15(6-2,7-3)17-11-9-8-10-12(21(4,18)19)13(11)16-14(17)20/h8-10H,5-7H2,1-4H3,(H,16,20). The van der Waals surface area contributed by atoms with Gasteiger partial charge in [-0.25, -0.2) is 8.42 Å². The molecule has 0 aliphatic rings. The van der Waals surface area contributed by atoms with E-state index in [1.54, 1.807) is 12.1 Å². The van der Waals surface area contributed by atoms with E-state index in [0.29, 0.717) is 15.2 Å². The van der Waals surface area contributed by atoms with Crippen LogP contribution in [0, 0.1) is 4.77 Å². The number of para-hydroxylation sites is 1. The van der Waals surface area contributed by atoms with Gasteiger partial charge >= 0.3 is 0 Å². The van der Waals surface area contributed by atoms with Gasteiger partial charge in [0.15, 0.2) is 14.6 Å². The number of fused-ring (bicyclic) bond motifs is 1. The first kappa shape index (κ1) is 16.2. The number of benzene rings is 1. The molecule has 116 valence electrons. The van der Waals surface area contributed by atoms with Crippen molar-refractivity contribution in [2.75, 3.05) is 6.26 Å². The average molecular weight is 326 g/mol. The third-order valence-electron chi connectivity index (χ3n) is 4.53. The molecular weight excluding hydrogens is 304 g/mol. The lowest BCUT2D eigenvalue weighted by atomic mass is 9.89. The summed E-state index contributed by atoms with van der Waals surface area (Å²) >= 11 is 5.50. The van der Waals surface area contributed by atoms with Crippen molar-refractivity contribution in [3.8, 4) is 0 Å². The van der Waals surface area contributed by atoms with E-state index in [0.717, 1.165) is 24.8 Å². The summed E-state index contributed by atoms with van der Waals surface area (Å²) in [5, 5.41) is 0. The summed E-state index contributed by atoms with van der Waals surface area (Å²) in [4.78, 5) is 3.42. The van der Waals surface area contributed by atoms with Crippen LogP contribution in [0.15, 0.2) is 23.1 Å². The van der Waals surface area contributed by atoms with Crippen LogP contribution in [0.1, 0.15) is 40.0 Å². The predicted molar refractivity (Wildman–Crippen MR) is 89.1 cm³/mol. The summed E-state index contributed by atoms with van der Waals surface area (Å²) in [7, 11) is -3.29. The largest absolute Gasteiger partial charge is 0.329 e. The highest BCUT2D eigenvalue weighted by Gasteiger charge is 2.29. The fourth-order valence-corrected chi connectivity index (χ4v) is 4.35. The van der Waals surface area contributed by atoms with Crippen molar-refractivity contribution in [2.45, 2.75) is 50.5 Å². The summed E-state index contributed by atoms with van der Waals surface area (Å²) in [6.45, 7) is 6.44. The Hall–Kier alpha value is -1.14. The molecule has 1 N–H and O–H groups in total. The molecule has 4 nitrogen and oxygen atoms in total. The molecule has 6 heteroatoms. The van der Waals surface area contributed by atoms with Crippen LogP contribution < -0.4 is 0 Å². The van der Waals surface area contributed by atoms with E-state index >= 15 is 0 Å². The Balaban J connectivity index is 2.91. The first-order chi connectivity index (χ1) is 9.80. The molecule has 0 fully saturated rings. The minimum absolute atomic E-state index is 0.0779. The summed E-state index contributed by atoms with van der Waals surface area (Å²) in [6, 6.07) is 5.34. The Labute approximate surface area is 131 Å². The number of rotatable bonds is 5. The lowest BCUT2D eigenvalue weighted by Gasteiger charge is -2.33. The van der Waals surface area contributed by atoms with Crippen molar-refractivity contribution in [3.05, 3.63) is 23.0 Å². The van der Waals surface area contributed by atoms with Gasteiger partial charge in [-0.2, -0.15) is 0 Å². The average Bonchev–Trinajstić information content (AvgIpc) is 2.77. The zero-order valence-corrected chi connectivity index (χ0v) is 14.6. The Bertz CT molecular complexity index is 804. The highest BCUT2D eigenvalue weighted by atomic mass is 32.2. The van der Waals surface area contributed by atoms with Crippen LogP contribution in [0.3, 0.4) is 0 Å². The van der Waals surface area contributed by atoms with Gasteiger partial charge in [-0.1, -0.05) is 26.8 Å². The zero-order chi connectivity index (χ0) is 15.8. The Morgan fingerprint density at radius 1 is 1.19 bits per heavy atom. The van der Waals surface area contributed by atoms with Crippen LogP contribution in [-0.4, -0.2) is 24.2 Å². The van der Waals surface area contributed by atoms with Crippen molar-refractivity contribution in [1.82, 2.24) is 9.55 Å². The van der Waals surface area contributed by atoms with Gasteiger partial charge in [-0.15, -0.1) is 0 Å². The van der Waals surface area contributed by atoms with Gasteiger partial charge in [0.1, 0.15) is 0 Å². The van der Waals surface area contributed by atoms with Crippen molar-refractivity contribution in [2.24, 2.45) is 0 Å². The number of aromatic amines is 1. The minimum atomic E-state index is -3.29. The van der Waals surface area contributed by atoms with Crippen LogP contribution in [0.4, 0.5) is 0 Å². The molecule has 2 rings (SSSR count). The van der Waals surface area contributed by atoms with Crippen LogP contribution >= 0.6 is 12.2 Å². The monoisotopic (exact) mass is 326 g/mol. The molecule has 0 saturated heterocycles. The molecule has 0 bridgehead atoms. The first-order valence-corrected chi connectivity index (χ1v) is 9.55. The van der Waals surface area contributed by atoms with E-state index in [1.165, 1.54) is 6.26 Å². The summed E-state index contributed by atoms with van der Waals surface area (Å²) in [6.07, 6.45) is 4.07. The molecule has 1 heterocycles. The van der Waals surface area contributed by atoms with Gasteiger partial charge in [0.2, 0.25) is 0 Å². The molecule has 0 atom stereocenters. The summed E-state index contributed by atoms with van der Waals surface area (Å²) < 4.78 is 26.6. The molecule has 21 heavy (non-hydrogen) atoms. The number of nitrogens with one attached hydrogen (secondary N) is 1. The highest BCUT2D eigenvalue weighted by molar-refractivity contribution is 7.91. The highest BCUT2D eigenvalue weighted by Crippen LogP contribution is 2.34. The number of sulfone groups is 1. The van der Waals surface area contributed by atoms with Gasteiger partial charge in [0.25, 0.3) is 0 Å². The van der Waals surface area contributed by atoms with E-state index in [9.17, 15) is 8.42 Å². The molecule has 0 saturated carbocycles. The molecule has 0 aliphatic carbocycles. The first-order valence-electron chi connectivity index (χ1n) is 7.25. The minimum Gasteiger partial charge on any atom is -0.329 e. The SMILES string of the molecule is CCC(CC)(CC)n1c(=S)[nH]c2c(S(C)(=O)=O)cccc21. The molecular formula is C15H22N2O2S2. The van der Waals surface area contributed by atoms with Crippen LogP contribution in [0.25, 0.3) is 11.0 Å². The molecule has 0 radical (unpaired) electrons. The molecule has 1 aromatic heterocycles. The maximum atomic E-state index is 12.0. The Morgan fingerprint density at radius 3 is 2.24 bits per heavy atom. The van der Waals surface area contributed by atoms with E-state index in [4.69, 9.17) is 12.2 Å². The predicted octanol–water partition coefficient (Wildman–Crippen LogP) is 4.03. The maximum Gasteiger partial charge on any atom is 0.178 e. The number of H-pyrrole nitrogens is 1. The van der Waals surface area contributed by atoms with E-state index in [-0.39, 0.29) is 5.54 Å². The van der Waals surface area contributed by atoms with Gasteiger partial charge in [-0.05, 0) is 43.6 Å². The second-order valence-corrected chi connectivity index (χ2v) is 7.84. The molecule has 0 unspecified atom stereocenters. The van der Waals surface area contributed by atoms with Gasteiger partial charge < -0.3 is 9.55 Å². The van der Waals surface area contributed by atoms with Gasteiger partial charge in [0, 0.05) is 11.8 Å². The third kappa shape index (κ3) is 2.55. The summed E-state index contributed by atoms with van der Waals surface area (Å²) in [5.41, 5.74) is 1.41. The molecule has 0 amide bonds. The number of aromatic nitrogens is 2. The maximum absolute atomic E-state index is 12.0. The third-order valence-corrected chi connectivity index (χ3v) is 5.95. The lowest BCUT2D eigenvalue weighted by molar-refractivity contribution is 0.255. The normalized spacial score (nSPS) is 13.0. The van der Waals surface area contributed by atoms with E-state index in [1.807, 2.05) is 6.07 Å². The quantitative estimate of drug-likeness (QED) is 0.844. The Morgan fingerprint density at radius 2 is 1.76 bits per heavy atom. The fraction of sp³-hybridized carbons (Fsp3) is 0.533. The van der Waals surface area contributed by atoms with Crippen molar-refractivity contribution in [1.29, 1.82) is 0 Å². The lowest BCUT2D eigenvalue weighted by Crippen LogP contribution is -2.31. The van der Waals surface area contributed by atoms with Crippen molar-refractivity contribution < 1.29 is 8.42 Å². The number of hydrogen-bond acceptors (Lipinski definition) is 3. The number of nitrogens with zero attached hydrogens (tertiary/aromatic N) is 1. The number of imidazole rings is 1. The molecule has 0 aliphatic heterocycles. The molecule has 2 aromatic rings. The summed E-state index contributed by atoms with van der Waals surface area (Å²) in [5.74, 6) is 0. The topological polar surface area (TPSA) is 54.9 Å². The van der Waals surface area contributed by atoms with Crippen molar-refractivity contribution in [3.63, 3.8) is 0 Å². The van der Waals surface area contributed by atoms with Gasteiger partial charge in [0.05, 0.1) is 15.9 Å². The smallest absolute Gasteiger partial charge is 0.178 e. The second-order valence-electron chi connectivity index (χ2n) is 5.47. The zero-order valence-electron chi connectivity index (χ0n) is 12.9. The second kappa shape index (κ2) is 5.57. The van der Waals surface area contributed by atoms with E-state index in [2.05, 4.69) is 30.3 Å². The Kier molecular flexibility index (Phi) is 4.31. The van der Waals surface area contributed by atoms with Crippen LogP contribution in [0.5, 0.6) is 0 Å². The van der Waals surface area contributed by atoms with Crippen LogP contribution in [0.2, 0.25) is 0 Å². The van der Waals surface area contributed by atoms with Crippen LogP contribution in [-0.2, 0) is 15.4 Å². The van der Waals surface area contributed by atoms with Gasteiger partial charge in [-0.3, -0.25) is 0 Å². The molecule has 0 spiro atoms. The van der Waals surface area contributed by atoms with E-state index < -0.39 is 9.84 Å².